The molecular formula is C19H28N6O4S. The van der Waals surface area contributed by atoms with Gasteiger partial charge in [0.15, 0.2) is 11.5 Å². The van der Waals surface area contributed by atoms with Gasteiger partial charge in [-0.15, -0.1) is 8.80 Å². The van der Waals surface area contributed by atoms with E-state index < -0.39 is 16.4 Å². The topological polar surface area (TPSA) is 113 Å². The number of hydrogen-bond acceptors (Lipinski definition) is 8. The molecule has 0 aromatic heterocycles. The predicted octanol–water partition coefficient (Wildman–Crippen LogP) is 0.953. The van der Waals surface area contributed by atoms with Gasteiger partial charge < -0.3 is 20.1 Å². The van der Waals surface area contributed by atoms with Gasteiger partial charge in [0.2, 0.25) is 18.1 Å². The Morgan fingerprint density at radius 2 is 2.00 bits per heavy atom. The zero-order valence-corrected chi connectivity index (χ0v) is 18.1. The SMILES string of the molecule is CCN(C1=NS(=O)(=O)N=C(N)N1C)C1COc2c(CN3CCCCC3)cccc2O1. The van der Waals surface area contributed by atoms with E-state index in [1.807, 2.05) is 19.1 Å². The van der Waals surface area contributed by atoms with E-state index in [1.54, 1.807) is 11.9 Å². The third kappa shape index (κ3) is 4.17. The first-order valence-electron chi connectivity index (χ1n) is 10.2. The second kappa shape index (κ2) is 8.31. The van der Waals surface area contributed by atoms with E-state index in [9.17, 15) is 8.42 Å². The second-order valence-corrected chi connectivity index (χ2v) is 8.86. The molecule has 2 N–H and O–H groups in total. The first-order valence-corrected chi connectivity index (χ1v) is 11.6. The number of hydrogen-bond donors (Lipinski definition) is 1. The number of para-hydroxylation sites is 1. The summed E-state index contributed by atoms with van der Waals surface area (Å²) in [5.41, 5.74) is 6.86. The molecule has 4 rings (SSSR count). The van der Waals surface area contributed by atoms with Crippen LogP contribution in [0.2, 0.25) is 0 Å². The monoisotopic (exact) mass is 436 g/mol. The summed E-state index contributed by atoms with van der Waals surface area (Å²) in [6.07, 6.45) is 3.20. The van der Waals surface area contributed by atoms with E-state index in [4.69, 9.17) is 15.2 Å². The summed E-state index contributed by atoms with van der Waals surface area (Å²) < 4.78 is 43.5. The van der Waals surface area contributed by atoms with Gasteiger partial charge in [-0.3, -0.25) is 9.80 Å². The smallest absolute Gasteiger partial charge is 0.369 e. The van der Waals surface area contributed by atoms with E-state index in [2.05, 4.69) is 19.8 Å². The van der Waals surface area contributed by atoms with Gasteiger partial charge in [0.25, 0.3) is 0 Å². The number of piperidine rings is 1. The summed E-state index contributed by atoms with van der Waals surface area (Å²) in [6, 6.07) is 5.89. The lowest BCUT2D eigenvalue weighted by Crippen LogP contribution is -2.57. The Labute approximate surface area is 177 Å². The summed E-state index contributed by atoms with van der Waals surface area (Å²) in [7, 11) is -2.41. The van der Waals surface area contributed by atoms with Crippen LogP contribution in [0.25, 0.3) is 0 Å². The van der Waals surface area contributed by atoms with Gasteiger partial charge in [0.05, 0.1) is 0 Å². The highest BCUT2D eigenvalue weighted by molar-refractivity contribution is 7.89. The number of fused-ring (bicyclic) bond motifs is 1. The van der Waals surface area contributed by atoms with Crippen LogP contribution in [0.3, 0.4) is 0 Å². The largest absolute Gasteiger partial charge is 0.483 e. The Balaban J connectivity index is 1.55. The molecule has 1 atom stereocenters. The fourth-order valence-electron chi connectivity index (χ4n) is 3.98. The molecule has 0 saturated carbocycles. The van der Waals surface area contributed by atoms with Gasteiger partial charge in [-0.05, 0) is 38.9 Å². The van der Waals surface area contributed by atoms with Crippen molar-refractivity contribution in [2.75, 3.05) is 33.3 Å². The number of ether oxygens (including phenoxy) is 2. The number of nitrogens with two attached hydrogens (primary N) is 1. The molecule has 1 aromatic carbocycles. The highest BCUT2D eigenvalue weighted by Gasteiger charge is 2.35. The number of likely N-dealkylation sites (tertiary alicyclic amines) is 1. The van der Waals surface area contributed by atoms with Crippen molar-refractivity contribution in [2.24, 2.45) is 14.5 Å². The summed E-state index contributed by atoms with van der Waals surface area (Å²) >= 11 is 0. The molecule has 0 amide bonds. The van der Waals surface area contributed by atoms with Crippen molar-refractivity contribution < 1.29 is 17.9 Å². The van der Waals surface area contributed by atoms with Crippen LogP contribution in [0.15, 0.2) is 27.0 Å². The molecular weight excluding hydrogens is 408 g/mol. The lowest BCUT2D eigenvalue weighted by molar-refractivity contribution is 0.00512. The molecule has 11 heteroatoms. The zero-order chi connectivity index (χ0) is 21.3. The fraction of sp³-hybridized carbons (Fsp3) is 0.579. The third-order valence-corrected chi connectivity index (χ3v) is 6.34. The van der Waals surface area contributed by atoms with Crippen LogP contribution in [0, 0.1) is 0 Å². The molecule has 10 nitrogen and oxygen atoms in total. The van der Waals surface area contributed by atoms with E-state index in [0.717, 1.165) is 30.9 Å². The van der Waals surface area contributed by atoms with Crippen LogP contribution in [0.5, 0.6) is 11.5 Å². The molecule has 0 radical (unpaired) electrons. The van der Waals surface area contributed by atoms with Crippen molar-refractivity contribution >= 4 is 22.1 Å². The lowest BCUT2D eigenvalue weighted by Gasteiger charge is -2.39. The third-order valence-electron chi connectivity index (χ3n) is 5.53. The Bertz CT molecular complexity index is 958. The Morgan fingerprint density at radius 3 is 2.73 bits per heavy atom. The standard InChI is InChI=1S/C19H28N6O4S/c1-3-25(19-22-30(26,27)21-18(20)23(19)2)16-13-28-17-14(8-7-9-15(17)29-16)12-24-10-5-4-6-11-24/h7-9,16H,3-6,10-13H2,1-2H3,(H2,20,21). The number of nitrogens with zero attached hydrogens (tertiary/aromatic N) is 5. The number of benzene rings is 1. The molecule has 1 saturated heterocycles. The van der Waals surface area contributed by atoms with Crippen molar-refractivity contribution in [3.05, 3.63) is 23.8 Å². The van der Waals surface area contributed by atoms with Gasteiger partial charge in [-0.1, -0.05) is 18.6 Å². The van der Waals surface area contributed by atoms with E-state index in [-0.39, 0.29) is 18.5 Å². The lowest BCUT2D eigenvalue weighted by atomic mass is 10.1. The van der Waals surface area contributed by atoms with E-state index in [0.29, 0.717) is 12.3 Å². The van der Waals surface area contributed by atoms with Gasteiger partial charge in [-0.2, -0.15) is 8.42 Å². The van der Waals surface area contributed by atoms with Crippen molar-refractivity contribution in [1.29, 1.82) is 0 Å². The first-order chi connectivity index (χ1) is 14.4. The summed E-state index contributed by atoms with van der Waals surface area (Å²) in [6.45, 7) is 5.59. The second-order valence-electron chi connectivity index (χ2n) is 7.60. The average Bonchev–Trinajstić information content (AvgIpc) is 2.72. The molecule has 3 aliphatic rings. The molecule has 30 heavy (non-hydrogen) atoms. The van der Waals surface area contributed by atoms with Gasteiger partial charge in [0, 0.05) is 25.7 Å². The Kier molecular flexibility index (Phi) is 5.74. The maximum Gasteiger partial charge on any atom is 0.369 e. The molecule has 164 valence electrons. The maximum absolute atomic E-state index is 12.0. The average molecular weight is 437 g/mol. The highest BCUT2D eigenvalue weighted by atomic mass is 32.2. The van der Waals surface area contributed by atoms with Crippen molar-refractivity contribution in [3.63, 3.8) is 0 Å². The summed E-state index contributed by atoms with van der Waals surface area (Å²) in [5.74, 6) is 1.41. The number of likely N-dealkylation sites (N-methyl/N-ethyl adjacent to an activating group) is 1. The van der Waals surface area contributed by atoms with Gasteiger partial charge in [-0.25, -0.2) is 0 Å². The minimum Gasteiger partial charge on any atom is -0.483 e. The van der Waals surface area contributed by atoms with Crippen LogP contribution in [0.1, 0.15) is 31.7 Å². The quantitative estimate of drug-likeness (QED) is 0.742. The molecule has 3 heterocycles. The van der Waals surface area contributed by atoms with E-state index >= 15 is 0 Å². The minimum absolute atomic E-state index is 0.139. The van der Waals surface area contributed by atoms with Gasteiger partial charge >= 0.3 is 10.2 Å². The molecule has 1 aromatic rings. The molecule has 1 fully saturated rings. The van der Waals surface area contributed by atoms with Crippen molar-refractivity contribution in [3.8, 4) is 11.5 Å². The van der Waals surface area contributed by atoms with Crippen LogP contribution in [-0.2, 0) is 16.8 Å². The Morgan fingerprint density at radius 1 is 1.23 bits per heavy atom. The minimum atomic E-state index is -4.03. The van der Waals surface area contributed by atoms with Crippen LogP contribution >= 0.6 is 0 Å². The number of guanidine groups is 2. The molecule has 3 aliphatic heterocycles. The van der Waals surface area contributed by atoms with E-state index in [1.165, 1.54) is 24.2 Å². The molecule has 0 spiro atoms. The normalized spacial score (nSPS) is 23.5. The summed E-state index contributed by atoms with van der Waals surface area (Å²) in [5, 5.41) is 0. The van der Waals surface area contributed by atoms with Gasteiger partial charge in [0.1, 0.15) is 6.61 Å². The zero-order valence-electron chi connectivity index (χ0n) is 17.3. The molecule has 0 bridgehead atoms. The van der Waals surface area contributed by atoms with Crippen molar-refractivity contribution in [1.82, 2.24) is 14.7 Å². The first kappa shape index (κ1) is 20.7. The fourth-order valence-corrected chi connectivity index (χ4v) is 4.81. The summed E-state index contributed by atoms with van der Waals surface area (Å²) in [4.78, 5) is 5.57. The molecule has 1 unspecified atom stereocenters. The Hall–Kier alpha value is -2.53. The predicted molar refractivity (Wildman–Crippen MR) is 114 cm³/mol. The van der Waals surface area contributed by atoms with Crippen LogP contribution in [-0.4, -0.2) is 74.6 Å². The molecule has 0 aliphatic carbocycles. The van der Waals surface area contributed by atoms with Crippen molar-refractivity contribution in [2.45, 2.75) is 39.0 Å². The maximum atomic E-state index is 12.0. The van der Waals surface area contributed by atoms with Crippen LogP contribution in [0.4, 0.5) is 0 Å². The van der Waals surface area contributed by atoms with Crippen LogP contribution < -0.4 is 15.2 Å². The number of rotatable bonds is 4. The highest BCUT2D eigenvalue weighted by Crippen LogP contribution is 2.37.